The average molecular weight is 297 g/mol. The molecule has 8 heteroatoms. The Morgan fingerprint density at radius 3 is 2.85 bits per heavy atom. The molecule has 1 amide bonds. The molecule has 0 aromatic rings. The highest BCUT2D eigenvalue weighted by Crippen LogP contribution is 2.22. The van der Waals surface area contributed by atoms with Gasteiger partial charge in [0.2, 0.25) is 5.91 Å². The summed E-state index contributed by atoms with van der Waals surface area (Å²) in [4.78, 5) is 13.0. The van der Waals surface area contributed by atoms with Crippen molar-refractivity contribution in [2.75, 3.05) is 39.9 Å². The van der Waals surface area contributed by atoms with Gasteiger partial charge in [-0.05, 0) is 25.3 Å². The average Bonchev–Trinajstić information content (AvgIpc) is 2.78. The Bertz CT molecular complexity index is 313. The first-order valence-corrected chi connectivity index (χ1v) is 6.63. The van der Waals surface area contributed by atoms with Gasteiger partial charge < -0.3 is 15.8 Å². The number of hydrogen-bond acceptors (Lipinski definition) is 4. The van der Waals surface area contributed by atoms with Crippen LogP contribution in [0.1, 0.15) is 12.8 Å². The summed E-state index contributed by atoms with van der Waals surface area (Å²) in [5, 5.41) is 2.69. The van der Waals surface area contributed by atoms with Crippen molar-refractivity contribution in [1.29, 1.82) is 0 Å². The van der Waals surface area contributed by atoms with Crippen molar-refractivity contribution in [3.63, 3.8) is 0 Å². The summed E-state index contributed by atoms with van der Waals surface area (Å²) in [5.74, 6) is -0.229. The summed E-state index contributed by atoms with van der Waals surface area (Å²) >= 11 is 0. The molecule has 1 saturated heterocycles. The second kappa shape index (κ2) is 7.80. The fourth-order valence-corrected chi connectivity index (χ4v) is 2.23. The van der Waals surface area contributed by atoms with Crippen molar-refractivity contribution in [2.45, 2.75) is 25.1 Å². The van der Waals surface area contributed by atoms with Crippen molar-refractivity contribution in [1.82, 2.24) is 10.2 Å². The number of hydrogen-bond donors (Lipinski definition) is 2. The zero-order valence-electron chi connectivity index (χ0n) is 11.6. The van der Waals surface area contributed by atoms with Crippen molar-refractivity contribution < 1.29 is 22.7 Å². The maximum Gasteiger partial charge on any atom is 0.401 e. The Morgan fingerprint density at radius 2 is 2.25 bits per heavy atom. The van der Waals surface area contributed by atoms with E-state index in [1.54, 1.807) is 0 Å². The van der Waals surface area contributed by atoms with E-state index in [0.29, 0.717) is 39.1 Å². The lowest BCUT2D eigenvalue weighted by molar-refractivity contribution is -0.143. The molecule has 20 heavy (non-hydrogen) atoms. The minimum atomic E-state index is -4.17. The number of nitrogens with one attached hydrogen (secondary N) is 1. The van der Waals surface area contributed by atoms with Gasteiger partial charge in [0.25, 0.3) is 0 Å². The van der Waals surface area contributed by atoms with Crippen LogP contribution in [-0.4, -0.2) is 62.9 Å². The van der Waals surface area contributed by atoms with Crippen LogP contribution >= 0.6 is 0 Å². The first-order valence-electron chi connectivity index (χ1n) is 6.63. The quantitative estimate of drug-likeness (QED) is 0.711. The molecular weight excluding hydrogens is 275 g/mol. The SMILES string of the molecule is COCCC(N)C(=O)NCC1CCN(CC(F)(F)F)C1. The first kappa shape index (κ1) is 17.2. The molecule has 2 atom stereocenters. The van der Waals surface area contributed by atoms with Crippen molar-refractivity contribution in [2.24, 2.45) is 11.7 Å². The number of alkyl halides is 3. The molecule has 1 aliphatic heterocycles. The largest absolute Gasteiger partial charge is 0.401 e. The summed E-state index contributed by atoms with van der Waals surface area (Å²) in [7, 11) is 1.53. The van der Waals surface area contributed by atoms with Gasteiger partial charge in [-0.2, -0.15) is 13.2 Å². The van der Waals surface area contributed by atoms with Crippen LogP contribution in [0.25, 0.3) is 0 Å². The Labute approximate surface area is 116 Å². The molecule has 0 radical (unpaired) electrons. The zero-order valence-corrected chi connectivity index (χ0v) is 11.6. The van der Waals surface area contributed by atoms with Crippen molar-refractivity contribution in [3.05, 3.63) is 0 Å². The third kappa shape index (κ3) is 6.53. The summed E-state index contributed by atoms with van der Waals surface area (Å²) in [6, 6.07) is -0.636. The second-order valence-electron chi connectivity index (χ2n) is 5.14. The fourth-order valence-electron chi connectivity index (χ4n) is 2.23. The van der Waals surface area contributed by atoms with Gasteiger partial charge in [0, 0.05) is 26.8 Å². The van der Waals surface area contributed by atoms with Crippen molar-refractivity contribution in [3.8, 4) is 0 Å². The number of rotatable bonds is 7. The molecule has 1 aliphatic rings. The minimum Gasteiger partial charge on any atom is -0.385 e. The summed E-state index contributed by atoms with van der Waals surface area (Å²) < 4.78 is 41.5. The zero-order chi connectivity index (χ0) is 15.2. The van der Waals surface area contributed by atoms with Gasteiger partial charge in [-0.25, -0.2) is 0 Å². The number of methoxy groups -OCH3 is 1. The normalized spacial score (nSPS) is 21.9. The molecule has 0 saturated carbocycles. The molecule has 0 bridgehead atoms. The van der Waals surface area contributed by atoms with Crippen LogP contribution in [0.4, 0.5) is 13.2 Å². The Balaban J connectivity index is 2.22. The summed E-state index contributed by atoms with van der Waals surface area (Å²) in [6.07, 6.45) is -3.09. The maximum atomic E-state index is 12.2. The van der Waals surface area contributed by atoms with E-state index in [-0.39, 0.29) is 11.8 Å². The van der Waals surface area contributed by atoms with E-state index in [2.05, 4.69) is 5.32 Å². The summed E-state index contributed by atoms with van der Waals surface area (Å²) in [6.45, 7) is 0.652. The van der Waals surface area contributed by atoms with Crippen LogP contribution in [0.15, 0.2) is 0 Å². The minimum absolute atomic E-state index is 0.0518. The molecule has 2 unspecified atom stereocenters. The maximum absolute atomic E-state index is 12.2. The highest BCUT2D eigenvalue weighted by atomic mass is 19.4. The molecule has 0 spiro atoms. The van der Waals surface area contributed by atoms with E-state index < -0.39 is 18.8 Å². The van der Waals surface area contributed by atoms with Gasteiger partial charge in [0.05, 0.1) is 12.6 Å². The fraction of sp³-hybridized carbons (Fsp3) is 0.917. The van der Waals surface area contributed by atoms with Crippen LogP contribution in [0.3, 0.4) is 0 Å². The van der Waals surface area contributed by atoms with Crippen LogP contribution in [0, 0.1) is 5.92 Å². The van der Waals surface area contributed by atoms with E-state index in [1.807, 2.05) is 0 Å². The predicted octanol–water partition coefficient (Wildman–Crippen LogP) is 0.351. The predicted molar refractivity (Wildman–Crippen MR) is 68.1 cm³/mol. The Morgan fingerprint density at radius 1 is 1.55 bits per heavy atom. The molecule has 118 valence electrons. The number of carbonyl (C=O) groups is 1. The van der Waals surface area contributed by atoms with Crippen LogP contribution < -0.4 is 11.1 Å². The number of carbonyl (C=O) groups excluding carboxylic acids is 1. The molecule has 1 heterocycles. The molecule has 1 fully saturated rings. The molecular formula is C12H22F3N3O2. The number of ether oxygens (including phenoxy) is 1. The van der Waals surface area contributed by atoms with Gasteiger partial charge in [0.15, 0.2) is 0 Å². The summed E-state index contributed by atoms with van der Waals surface area (Å²) in [5.41, 5.74) is 5.65. The molecule has 3 N–H and O–H groups in total. The Hall–Kier alpha value is -0.860. The number of nitrogens with zero attached hydrogens (tertiary/aromatic N) is 1. The number of amides is 1. The van der Waals surface area contributed by atoms with E-state index in [9.17, 15) is 18.0 Å². The Kier molecular flexibility index (Phi) is 6.70. The van der Waals surface area contributed by atoms with Crippen LogP contribution in [-0.2, 0) is 9.53 Å². The van der Waals surface area contributed by atoms with Crippen LogP contribution in [0.2, 0.25) is 0 Å². The topological polar surface area (TPSA) is 67.6 Å². The third-order valence-electron chi connectivity index (χ3n) is 3.31. The molecule has 0 aromatic heterocycles. The second-order valence-corrected chi connectivity index (χ2v) is 5.14. The molecule has 5 nitrogen and oxygen atoms in total. The number of likely N-dealkylation sites (tertiary alicyclic amines) is 1. The molecule has 0 aliphatic carbocycles. The highest BCUT2D eigenvalue weighted by molar-refractivity contribution is 5.81. The lowest BCUT2D eigenvalue weighted by atomic mass is 10.1. The number of halogens is 3. The smallest absolute Gasteiger partial charge is 0.385 e. The first-order chi connectivity index (χ1) is 9.31. The lowest BCUT2D eigenvalue weighted by Crippen LogP contribution is -2.43. The van der Waals surface area contributed by atoms with E-state index in [0.717, 1.165) is 0 Å². The van der Waals surface area contributed by atoms with Crippen LogP contribution in [0.5, 0.6) is 0 Å². The third-order valence-corrected chi connectivity index (χ3v) is 3.31. The van der Waals surface area contributed by atoms with Gasteiger partial charge in [-0.15, -0.1) is 0 Å². The van der Waals surface area contributed by atoms with Gasteiger partial charge in [0.1, 0.15) is 0 Å². The van der Waals surface area contributed by atoms with Crippen molar-refractivity contribution >= 4 is 5.91 Å². The van der Waals surface area contributed by atoms with E-state index in [4.69, 9.17) is 10.5 Å². The van der Waals surface area contributed by atoms with E-state index >= 15 is 0 Å². The standard InChI is InChI=1S/C12H22F3N3O2/c1-20-5-3-10(16)11(19)17-6-9-2-4-18(7-9)8-12(13,14)15/h9-10H,2-8,16H2,1H3,(H,17,19). The highest BCUT2D eigenvalue weighted by Gasteiger charge is 2.34. The lowest BCUT2D eigenvalue weighted by Gasteiger charge is -2.18. The van der Waals surface area contributed by atoms with Gasteiger partial charge >= 0.3 is 6.18 Å². The van der Waals surface area contributed by atoms with Gasteiger partial charge in [-0.3, -0.25) is 9.69 Å². The monoisotopic (exact) mass is 297 g/mol. The number of nitrogens with two attached hydrogens (primary N) is 1. The molecule has 1 rings (SSSR count). The van der Waals surface area contributed by atoms with Gasteiger partial charge in [-0.1, -0.05) is 0 Å². The van der Waals surface area contributed by atoms with E-state index in [1.165, 1.54) is 12.0 Å². The molecule has 0 aromatic carbocycles.